The van der Waals surface area contributed by atoms with Gasteiger partial charge in [0.1, 0.15) is 0 Å². The number of hydrogen-bond acceptors (Lipinski definition) is 3. The largest absolute Gasteiger partial charge is 0.316 e. The van der Waals surface area contributed by atoms with Gasteiger partial charge in [0.25, 0.3) is 0 Å². The summed E-state index contributed by atoms with van der Waals surface area (Å²) in [4.78, 5) is 2.60. The third-order valence-electron chi connectivity index (χ3n) is 4.48. The zero-order valence-electron chi connectivity index (χ0n) is 12.1. The molecule has 0 aromatic carbocycles. The van der Waals surface area contributed by atoms with Crippen LogP contribution in [0.1, 0.15) is 39.0 Å². The second-order valence-corrected chi connectivity index (χ2v) is 6.30. The summed E-state index contributed by atoms with van der Waals surface area (Å²) in [5.41, 5.74) is 0. The predicted octanol–water partition coefficient (Wildman–Crippen LogP) is 1.70. The molecule has 2 aliphatic rings. The van der Waals surface area contributed by atoms with Crippen LogP contribution in [0, 0.1) is 11.8 Å². The van der Waals surface area contributed by atoms with E-state index in [0.29, 0.717) is 0 Å². The van der Waals surface area contributed by atoms with E-state index in [4.69, 9.17) is 0 Å². The normalized spacial score (nSPS) is 24.5. The van der Waals surface area contributed by atoms with Crippen LogP contribution in [0.2, 0.25) is 0 Å². The Morgan fingerprint density at radius 1 is 1.22 bits per heavy atom. The summed E-state index contributed by atoms with van der Waals surface area (Å²) in [6, 6.07) is 0. The lowest BCUT2D eigenvalue weighted by atomic mass is 10.0. The van der Waals surface area contributed by atoms with Gasteiger partial charge in [0, 0.05) is 32.7 Å². The van der Waals surface area contributed by atoms with E-state index < -0.39 is 0 Å². The average Bonchev–Trinajstić information content (AvgIpc) is 2.89. The topological polar surface area (TPSA) is 27.3 Å². The standard InChI is InChI=1S/C15H31N3/c1-14(13-18-10-8-16-9-11-18)12-17-7-6-15-4-2-3-5-15/h14-17H,2-13H2,1H3. The molecule has 2 rings (SSSR count). The van der Waals surface area contributed by atoms with E-state index in [-0.39, 0.29) is 0 Å². The van der Waals surface area contributed by atoms with E-state index in [2.05, 4.69) is 22.5 Å². The summed E-state index contributed by atoms with van der Waals surface area (Å²) in [5, 5.41) is 7.07. The van der Waals surface area contributed by atoms with Gasteiger partial charge >= 0.3 is 0 Å². The Morgan fingerprint density at radius 3 is 2.67 bits per heavy atom. The molecule has 1 aliphatic heterocycles. The Hall–Kier alpha value is -0.120. The lowest BCUT2D eigenvalue weighted by Crippen LogP contribution is -2.46. The maximum absolute atomic E-state index is 3.66. The van der Waals surface area contributed by atoms with Crippen LogP contribution in [0.5, 0.6) is 0 Å². The molecule has 2 fully saturated rings. The van der Waals surface area contributed by atoms with Crippen molar-refractivity contribution in [2.24, 2.45) is 11.8 Å². The van der Waals surface area contributed by atoms with Crippen molar-refractivity contribution in [3.05, 3.63) is 0 Å². The van der Waals surface area contributed by atoms with Gasteiger partial charge in [-0.3, -0.25) is 0 Å². The molecule has 1 saturated heterocycles. The van der Waals surface area contributed by atoms with Gasteiger partial charge in [-0.2, -0.15) is 0 Å². The van der Waals surface area contributed by atoms with Gasteiger partial charge in [0.2, 0.25) is 0 Å². The first kappa shape index (κ1) is 14.3. The molecule has 1 saturated carbocycles. The van der Waals surface area contributed by atoms with Crippen LogP contribution in [-0.4, -0.2) is 50.7 Å². The molecule has 106 valence electrons. The van der Waals surface area contributed by atoms with Crippen LogP contribution in [0.15, 0.2) is 0 Å². The minimum atomic E-state index is 0.784. The Kier molecular flexibility index (Phi) is 6.46. The van der Waals surface area contributed by atoms with Crippen molar-refractivity contribution >= 4 is 0 Å². The molecule has 2 N–H and O–H groups in total. The van der Waals surface area contributed by atoms with E-state index in [1.807, 2.05) is 0 Å². The second kappa shape index (κ2) is 8.13. The molecular formula is C15H31N3. The number of nitrogens with zero attached hydrogens (tertiary/aromatic N) is 1. The molecule has 1 aliphatic carbocycles. The first-order chi connectivity index (χ1) is 8.84. The van der Waals surface area contributed by atoms with Gasteiger partial charge in [-0.1, -0.05) is 32.6 Å². The molecule has 1 heterocycles. The van der Waals surface area contributed by atoms with Gasteiger partial charge in [-0.25, -0.2) is 0 Å². The van der Waals surface area contributed by atoms with Crippen LogP contribution in [0.25, 0.3) is 0 Å². The van der Waals surface area contributed by atoms with Crippen molar-refractivity contribution in [1.82, 2.24) is 15.5 Å². The van der Waals surface area contributed by atoms with Crippen molar-refractivity contribution in [3.8, 4) is 0 Å². The quantitative estimate of drug-likeness (QED) is 0.676. The van der Waals surface area contributed by atoms with Crippen molar-refractivity contribution < 1.29 is 0 Å². The number of piperazine rings is 1. The fourth-order valence-electron chi connectivity index (χ4n) is 3.35. The van der Waals surface area contributed by atoms with Crippen LogP contribution in [0.4, 0.5) is 0 Å². The summed E-state index contributed by atoms with van der Waals surface area (Å²) >= 11 is 0. The first-order valence-corrected chi connectivity index (χ1v) is 7.98. The Bertz CT molecular complexity index is 208. The summed E-state index contributed by atoms with van der Waals surface area (Å²) in [5.74, 6) is 1.81. The number of hydrogen-bond donors (Lipinski definition) is 2. The molecule has 1 atom stereocenters. The lowest BCUT2D eigenvalue weighted by Gasteiger charge is -2.29. The molecule has 18 heavy (non-hydrogen) atoms. The van der Waals surface area contributed by atoms with E-state index in [1.165, 1.54) is 77.9 Å². The first-order valence-electron chi connectivity index (χ1n) is 7.98. The molecule has 0 amide bonds. The smallest absolute Gasteiger partial charge is 0.0107 e. The molecule has 3 nitrogen and oxygen atoms in total. The van der Waals surface area contributed by atoms with E-state index >= 15 is 0 Å². The summed E-state index contributed by atoms with van der Waals surface area (Å²) in [7, 11) is 0. The van der Waals surface area contributed by atoms with Crippen LogP contribution in [-0.2, 0) is 0 Å². The summed E-state index contributed by atoms with van der Waals surface area (Å²) in [6.07, 6.45) is 7.32. The molecule has 0 bridgehead atoms. The maximum atomic E-state index is 3.66. The summed E-state index contributed by atoms with van der Waals surface area (Å²) in [6.45, 7) is 10.9. The van der Waals surface area contributed by atoms with Gasteiger partial charge in [0.15, 0.2) is 0 Å². The van der Waals surface area contributed by atoms with E-state index in [9.17, 15) is 0 Å². The Morgan fingerprint density at radius 2 is 1.94 bits per heavy atom. The van der Waals surface area contributed by atoms with Gasteiger partial charge in [0.05, 0.1) is 0 Å². The zero-order valence-corrected chi connectivity index (χ0v) is 12.1. The summed E-state index contributed by atoms with van der Waals surface area (Å²) < 4.78 is 0. The van der Waals surface area contributed by atoms with Crippen LogP contribution < -0.4 is 10.6 Å². The highest BCUT2D eigenvalue weighted by molar-refractivity contribution is 4.72. The van der Waals surface area contributed by atoms with Crippen molar-refractivity contribution in [1.29, 1.82) is 0 Å². The highest BCUT2D eigenvalue weighted by atomic mass is 15.2. The molecule has 1 unspecified atom stereocenters. The fourth-order valence-corrected chi connectivity index (χ4v) is 3.35. The molecule has 3 heteroatoms. The molecule has 0 aromatic rings. The SMILES string of the molecule is CC(CNCCC1CCCC1)CN1CCNCC1. The van der Waals surface area contributed by atoms with Crippen molar-refractivity contribution in [2.75, 3.05) is 45.8 Å². The molecule has 0 spiro atoms. The third-order valence-corrected chi connectivity index (χ3v) is 4.48. The maximum Gasteiger partial charge on any atom is 0.0107 e. The van der Waals surface area contributed by atoms with E-state index in [1.54, 1.807) is 0 Å². The average molecular weight is 253 g/mol. The Labute approximate surface area is 113 Å². The van der Waals surface area contributed by atoms with E-state index in [0.717, 1.165) is 11.8 Å². The lowest BCUT2D eigenvalue weighted by molar-refractivity contribution is 0.209. The van der Waals surface area contributed by atoms with Crippen LogP contribution >= 0.6 is 0 Å². The Balaban J connectivity index is 1.47. The second-order valence-electron chi connectivity index (χ2n) is 6.30. The molecule has 0 aromatic heterocycles. The molecule has 0 radical (unpaired) electrons. The number of nitrogens with one attached hydrogen (secondary N) is 2. The van der Waals surface area contributed by atoms with Gasteiger partial charge in [-0.15, -0.1) is 0 Å². The predicted molar refractivity (Wildman–Crippen MR) is 77.9 cm³/mol. The van der Waals surface area contributed by atoms with Gasteiger partial charge in [-0.05, 0) is 31.3 Å². The minimum Gasteiger partial charge on any atom is -0.316 e. The number of rotatable bonds is 7. The molecular weight excluding hydrogens is 222 g/mol. The van der Waals surface area contributed by atoms with Crippen LogP contribution in [0.3, 0.4) is 0 Å². The zero-order chi connectivity index (χ0) is 12.6. The highest BCUT2D eigenvalue weighted by Crippen LogP contribution is 2.26. The fraction of sp³-hybridized carbons (Fsp3) is 1.00. The van der Waals surface area contributed by atoms with Crippen molar-refractivity contribution in [3.63, 3.8) is 0 Å². The minimum absolute atomic E-state index is 0.784. The monoisotopic (exact) mass is 253 g/mol. The highest BCUT2D eigenvalue weighted by Gasteiger charge is 2.15. The third kappa shape index (κ3) is 5.25. The van der Waals surface area contributed by atoms with Gasteiger partial charge < -0.3 is 15.5 Å². The van der Waals surface area contributed by atoms with Crippen molar-refractivity contribution in [2.45, 2.75) is 39.0 Å².